The van der Waals surface area contributed by atoms with E-state index in [1.54, 1.807) is 12.1 Å². The third kappa shape index (κ3) is 3.25. The number of aromatic nitrogens is 2. The Hall–Kier alpha value is -1.50. The van der Waals surface area contributed by atoms with Crippen molar-refractivity contribution in [1.29, 1.82) is 0 Å². The minimum atomic E-state index is -0.339. The fourth-order valence-corrected chi connectivity index (χ4v) is 2.09. The number of aliphatic hydroxyl groups excluding tert-OH is 1. The number of carbonyl (C=O) groups is 1. The topological polar surface area (TPSA) is 75.1 Å². The molecule has 0 bridgehead atoms. The lowest BCUT2D eigenvalue weighted by atomic mass is 10.1. The third-order valence-electron chi connectivity index (χ3n) is 2.21. The Kier molecular flexibility index (Phi) is 4.24. The number of nitrogens with one attached hydrogen (secondary N) is 1. The fraction of sp³-hybridized carbons (Fsp3) is 0.182. The van der Waals surface area contributed by atoms with Gasteiger partial charge in [-0.05, 0) is 35.7 Å². The standard InChI is InChI=1S/C11H10ClN3O2S/c12-11-15-14-10(18-11)9(17)13-8-3-1-7(2-4-8)5-6-16/h1-4,16H,5-6H2,(H,13,17). The van der Waals surface area contributed by atoms with E-state index >= 15 is 0 Å². The van der Waals surface area contributed by atoms with E-state index in [9.17, 15) is 4.79 Å². The second-order valence-electron chi connectivity index (χ2n) is 3.48. The number of anilines is 1. The molecule has 0 saturated heterocycles. The van der Waals surface area contributed by atoms with Crippen LogP contribution in [-0.4, -0.2) is 27.8 Å². The zero-order valence-electron chi connectivity index (χ0n) is 9.26. The second-order valence-corrected chi connectivity index (χ2v) is 5.04. The quantitative estimate of drug-likeness (QED) is 0.900. The Labute approximate surface area is 112 Å². The van der Waals surface area contributed by atoms with Crippen molar-refractivity contribution in [3.63, 3.8) is 0 Å². The molecule has 0 fully saturated rings. The van der Waals surface area contributed by atoms with Crippen molar-refractivity contribution in [2.75, 3.05) is 11.9 Å². The summed E-state index contributed by atoms with van der Waals surface area (Å²) in [4.78, 5) is 11.7. The molecule has 0 unspecified atom stereocenters. The van der Waals surface area contributed by atoms with Crippen molar-refractivity contribution < 1.29 is 9.90 Å². The summed E-state index contributed by atoms with van der Waals surface area (Å²) in [6.45, 7) is 0.106. The van der Waals surface area contributed by atoms with Gasteiger partial charge in [0.25, 0.3) is 5.91 Å². The van der Waals surface area contributed by atoms with E-state index in [-0.39, 0.29) is 22.0 Å². The van der Waals surface area contributed by atoms with Crippen LogP contribution in [0.1, 0.15) is 15.4 Å². The van der Waals surface area contributed by atoms with Gasteiger partial charge in [0, 0.05) is 12.3 Å². The first-order chi connectivity index (χ1) is 8.69. The highest BCUT2D eigenvalue weighted by Gasteiger charge is 2.11. The van der Waals surface area contributed by atoms with Crippen LogP contribution in [0.5, 0.6) is 0 Å². The number of hydrogen-bond acceptors (Lipinski definition) is 5. The van der Waals surface area contributed by atoms with Crippen LogP contribution in [0.25, 0.3) is 0 Å². The lowest BCUT2D eigenvalue weighted by molar-refractivity contribution is 0.102. The molecule has 94 valence electrons. The molecule has 0 saturated carbocycles. The highest BCUT2D eigenvalue weighted by molar-refractivity contribution is 7.17. The summed E-state index contributed by atoms with van der Waals surface area (Å²) in [5.74, 6) is -0.339. The first kappa shape index (κ1) is 12.9. The maximum absolute atomic E-state index is 11.7. The van der Waals surface area contributed by atoms with Crippen LogP contribution in [-0.2, 0) is 6.42 Å². The van der Waals surface area contributed by atoms with Gasteiger partial charge >= 0.3 is 0 Å². The van der Waals surface area contributed by atoms with Crippen LogP contribution in [0.15, 0.2) is 24.3 Å². The summed E-state index contributed by atoms with van der Waals surface area (Å²) < 4.78 is 0.235. The predicted molar refractivity (Wildman–Crippen MR) is 70.1 cm³/mol. The third-order valence-corrected chi connectivity index (χ3v) is 3.22. The lowest BCUT2D eigenvalue weighted by Gasteiger charge is -2.03. The van der Waals surface area contributed by atoms with Crippen LogP contribution in [0.2, 0.25) is 4.47 Å². The molecule has 0 radical (unpaired) electrons. The number of amides is 1. The molecule has 0 aliphatic carbocycles. The molecule has 0 atom stereocenters. The number of hydrogen-bond donors (Lipinski definition) is 2. The first-order valence-electron chi connectivity index (χ1n) is 5.19. The van der Waals surface area contributed by atoms with Gasteiger partial charge in [-0.15, -0.1) is 10.2 Å². The summed E-state index contributed by atoms with van der Waals surface area (Å²) in [6, 6.07) is 7.23. The van der Waals surface area contributed by atoms with E-state index in [0.29, 0.717) is 12.1 Å². The molecule has 5 nitrogen and oxygen atoms in total. The van der Waals surface area contributed by atoms with E-state index in [1.807, 2.05) is 12.1 Å². The number of rotatable bonds is 4. The maximum atomic E-state index is 11.7. The number of aliphatic hydroxyl groups is 1. The minimum Gasteiger partial charge on any atom is -0.396 e. The molecule has 0 spiro atoms. The van der Waals surface area contributed by atoms with Crippen molar-refractivity contribution in [2.45, 2.75) is 6.42 Å². The lowest BCUT2D eigenvalue weighted by Crippen LogP contribution is -2.11. The van der Waals surface area contributed by atoms with Gasteiger partial charge in [0.1, 0.15) is 0 Å². The summed E-state index contributed by atoms with van der Waals surface area (Å²) in [6.07, 6.45) is 0.597. The average molecular weight is 284 g/mol. The monoisotopic (exact) mass is 283 g/mol. The van der Waals surface area contributed by atoms with E-state index in [2.05, 4.69) is 15.5 Å². The smallest absolute Gasteiger partial charge is 0.286 e. The molecule has 2 rings (SSSR count). The molecule has 2 aromatic rings. The molecule has 1 heterocycles. The Morgan fingerprint density at radius 1 is 1.33 bits per heavy atom. The fourth-order valence-electron chi connectivity index (χ4n) is 1.37. The molecule has 7 heteroatoms. The molecule has 0 aliphatic heterocycles. The van der Waals surface area contributed by atoms with Gasteiger partial charge in [0.2, 0.25) is 9.47 Å². The molecule has 1 aromatic heterocycles. The summed E-state index contributed by atoms with van der Waals surface area (Å²) in [7, 11) is 0. The summed E-state index contributed by atoms with van der Waals surface area (Å²) in [5.41, 5.74) is 1.67. The van der Waals surface area contributed by atoms with Crippen LogP contribution in [0, 0.1) is 0 Å². The largest absolute Gasteiger partial charge is 0.396 e. The van der Waals surface area contributed by atoms with Gasteiger partial charge in [-0.25, -0.2) is 0 Å². The summed E-state index contributed by atoms with van der Waals surface area (Å²) >= 11 is 6.63. The predicted octanol–water partition coefficient (Wildman–Crippen LogP) is 1.98. The van der Waals surface area contributed by atoms with Crippen molar-refractivity contribution in [3.05, 3.63) is 39.3 Å². The molecule has 2 N–H and O–H groups in total. The molecule has 1 amide bonds. The van der Waals surface area contributed by atoms with Gasteiger partial charge in [-0.3, -0.25) is 4.79 Å². The van der Waals surface area contributed by atoms with Crippen LogP contribution in [0.3, 0.4) is 0 Å². The van der Waals surface area contributed by atoms with Gasteiger partial charge in [0.05, 0.1) is 0 Å². The van der Waals surface area contributed by atoms with Gasteiger partial charge in [-0.1, -0.05) is 23.5 Å². The molecule has 0 aliphatic rings. The van der Waals surface area contributed by atoms with Crippen molar-refractivity contribution in [1.82, 2.24) is 10.2 Å². The van der Waals surface area contributed by atoms with Gasteiger partial charge < -0.3 is 10.4 Å². The van der Waals surface area contributed by atoms with E-state index in [4.69, 9.17) is 16.7 Å². The van der Waals surface area contributed by atoms with Crippen molar-refractivity contribution in [2.24, 2.45) is 0 Å². The van der Waals surface area contributed by atoms with E-state index in [0.717, 1.165) is 16.9 Å². The normalized spacial score (nSPS) is 10.3. The maximum Gasteiger partial charge on any atom is 0.286 e. The zero-order chi connectivity index (χ0) is 13.0. The number of carbonyl (C=O) groups excluding carboxylic acids is 1. The second kappa shape index (κ2) is 5.90. The highest BCUT2D eigenvalue weighted by Crippen LogP contribution is 2.17. The Morgan fingerprint density at radius 2 is 2.06 bits per heavy atom. The van der Waals surface area contributed by atoms with E-state index in [1.165, 1.54) is 0 Å². The van der Waals surface area contributed by atoms with Crippen LogP contribution < -0.4 is 5.32 Å². The van der Waals surface area contributed by atoms with Crippen molar-refractivity contribution >= 4 is 34.5 Å². The minimum absolute atomic E-state index is 0.106. The average Bonchev–Trinajstić information content (AvgIpc) is 2.79. The van der Waals surface area contributed by atoms with Gasteiger partial charge in [0.15, 0.2) is 0 Å². The number of benzene rings is 1. The van der Waals surface area contributed by atoms with E-state index < -0.39 is 0 Å². The Morgan fingerprint density at radius 3 is 2.61 bits per heavy atom. The first-order valence-corrected chi connectivity index (χ1v) is 6.38. The molecule has 1 aromatic carbocycles. The van der Waals surface area contributed by atoms with Crippen LogP contribution in [0.4, 0.5) is 5.69 Å². The zero-order valence-corrected chi connectivity index (χ0v) is 10.8. The Bertz CT molecular complexity index is 541. The molecule has 18 heavy (non-hydrogen) atoms. The molecular weight excluding hydrogens is 274 g/mol. The molecular formula is C11H10ClN3O2S. The highest BCUT2D eigenvalue weighted by atomic mass is 35.5. The summed E-state index contributed by atoms with van der Waals surface area (Å²) in [5, 5.41) is 18.9. The number of nitrogens with zero attached hydrogens (tertiary/aromatic N) is 2. The number of halogens is 1. The van der Waals surface area contributed by atoms with Gasteiger partial charge in [-0.2, -0.15) is 0 Å². The Balaban J connectivity index is 2.03. The van der Waals surface area contributed by atoms with Crippen LogP contribution >= 0.6 is 22.9 Å². The van der Waals surface area contributed by atoms with Crippen molar-refractivity contribution in [3.8, 4) is 0 Å². The SMILES string of the molecule is O=C(Nc1ccc(CCO)cc1)c1nnc(Cl)s1.